The van der Waals surface area contributed by atoms with Gasteiger partial charge in [0.1, 0.15) is 0 Å². The van der Waals surface area contributed by atoms with E-state index >= 15 is 0 Å². The van der Waals surface area contributed by atoms with Crippen molar-refractivity contribution in [3.8, 4) is 0 Å². The number of aliphatic hydroxyl groups excluding tert-OH is 1. The van der Waals surface area contributed by atoms with E-state index in [0.29, 0.717) is 5.92 Å². The van der Waals surface area contributed by atoms with Crippen LogP contribution in [0.15, 0.2) is 0 Å². The number of hydrogen-bond donors (Lipinski definition) is 1. The molecular weight excluding hydrogens is 296 g/mol. The molecule has 2 unspecified atom stereocenters. The lowest BCUT2D eigenvalue weighted by atomic mass is 10.0. The summed E-state index contributed by atoms with van der Waals surface area (Å²) in [6.07, 6.45) is 16.1. The number of rotatable bonds is 17. The summed E-state index contributed by atoms with van der Waals surface area (Å²) in [6, 6.07) is 0. The summed E-state index contributed by atoms with van der Waals surface area (Å²) in [5, 5.41) is 9.67. The van der Waals surface area contributed by atoms with E-state index in [2.05, 4.69) is 27.7 Å². The third-order valence-electron chi connectivity index (χ3n) is 4.87. The van der Waals surface area contributed by atoms with Gasteiger partial charge in [0.15, 0.2) is 0 Å². The molecule has 0 aromatic heterocycles. The van der Waals surface area contributed by atoms with Gasteiger partial charge in [0.2, 0.25) is 0 Å². The molecule has 2 nitrogen and oxygen atoms in total. The van der Waals surface area contributed by atoms with Crippen molar-refractivity contribution in [2.45, 2.75) is 124 Å². The Balaban J connectivity index is 3.23. The average Bonchev–Trinajstić information content (AvgIpc) is 2.50. The van der Waals surface area contributed by atoms with Crippen LogP contribution in [0.25, 0.3) is 0 Å². The molecule has 0 aliphatic rings. The third kappa shape index (κ3) is 15.4. The molecule has 0 fully saturated rings. The molecule has 146 valence electrons. The standard InChI is InChI=1S/C22H46O2/c1-19(2)17-15-13-11-9-7-6-8-10-12-14-16-18-24-22(20(3)4)21(5)23/h19-23H,6-18H2,1-5H3. The van der Waals surface area contributed by atoms with Crippen LogP contribution in [0.5, 0.6) is 0 Å². The quantitative estimate of drug-likeness (QED) is 0.296. The maximum atomic E-state index is 9.67. The van der Waals surface area contributed by atoms with E-state index in [9.17, 15) is 5.11 Å². The van der Waals surface area contributed by atoms with E-state index in [1.165, 1.54) is 70.6 Å². The fourth-order valence-electron chi connectivity index (χ4n) is 3.35. The van der Waals surface area contributed by atoms with Gasteiger partial charge in [-0.2, -0.15) is 0 Å². The smallest absolute Gasteiger partial charge is 0.0853 e. The van der Waals surface area contributed by atoms with Crippen molar-refractivity contribution < 1.29 is 9.84 Å². The normalized spacial score (nSPS) is 14.5. The molecule has 0 aliphatic heterocycles. The lowest BCUT2D eigenvalue weighted by Crippen LogP contribution is -2.31. The number of hydrogen-bond acceptors (Lipinski definition) is 2. The number of ether oxygens (including phenoxy) is 1. The van der Waals surface area contributed by atoms with Gasteiger partial charge in [-0.15, -0.1) is 0 Å². The topological polar surface area (TPSA) is 29.5 Å². The summed E-state index contributed by atoms with van der Waals surface area (Å²) in [5.74, 6) is 1.26. The van der Waals surface area contributed by atoms with Crippen LogP contribution >= 0.6 is 0 Å². The van der Waals surface area contributed by atoms with Crippen LogP contribution in [0.4, 0.5) is 0 Å². The van der Waals surface area contributed by atoms with Crippen LogP contribution in [0.1, 0.15) is 112 Å². The van der Waals surface area contributed by atoms with E-state index in [-0.39, 0.29) is 12.2 Å². The van der Waals surface area contributed by atoms with Crippen molar-refractivity contribution in [2.24, 2.45) is 11.8 Å². The second-order valence-corrected chi connectivity index (χ2v) is 8.39. The Morgan fingerprint density at radius 3 is 1.42 bits per heavy atom. The maximum absolute atomic E-state index is 9.67. The highest BCUT2D eigenvalue weighted by molar-refractivity contribution is 4.68. The van der Waals surface area contributed by atoms with Crippen molar-refractivity contribution >= 4 is 0 Å². The van der Waals surface area contributed by atoms with Gasteiger partial charge in [0.05, 0.1) is 12.2 Å². The largest absolute Gasteiger partial charge is 0.391 e. The Labute approximate surface area is 152 Å². The van der Waals surface area contributed by atoms with Crippen molar-refractivity contribution in [2.75, 3.05) is 6.61 Å². The van der Waals surface area contributed by atoms with Crippen LogP contribution in [0.3, 0.4) is 0 Å². The highest BCUT2D eigenvalue weighted by Crippen LogP contribution is 2.15. The molecule has 0 aliphatic carbocycles. The second-order valence-electron chi connectivity index (χ2n) is 8.39. The fourth-order valence-corrected chi connectivity index (χ4v) is 3.35. The highest BCUT2D eigenvalue weighted by Gasteiger charge is 2.18. The first-order chi connectivity index (χ1) is 11.4. The minimum absolute atomic E-state index is 0.00876. The van der Waals surface area contributed by atoms with Crippen molar-refractivity contribution in [1.82, 2.24) is 0 Å². The van der Waals surface area contributed by atoms with Gasteiger partial charge in [-0.3, -0.25) is 0 Å². The monoisotopic (exact) mass is 342 g/mol. The SMILES string of the molecule is CC(C)CCCCCCCCCCCCCOC(C(C)C)C(C)O. The first kappa shape index (κ1) is 23.9. The zero-order chi connectivity index (χ0) is 18.2. The maximum Gasteiger partial charge on any atom is 0.0853 e. The van der Waals surface area contributed by atoms with Crippen LogP contribution < -0.4 is 0 Å². The molecule has 0 saturated carbocycles. The molecule has 2 atom stereocenters. The molecular formula is C22H46O2. The molecule has 0 saturated heterocycles. The van der Waals surface area contributed by atoms with Gasteiger partial charge < -0.3 is 9.84 Å². The second kappa shape index (κ2) is 16.4. The van der Waals surface area contributed by atoms with Gasteiger partial charge in [-0.05, 0) is 25.2 Å². The molecule has 0 bridgehead atoms. The predicted octanol–water partition coefficient (Wildman–Crippen LogP) is 6.75. The minimum atomic E-state index is -0.365. The van der Waals surface area contributed by atoms with E-state index < -0.39 is 0 Å². The van der Waals surface area contributed by atoms with Gasteiger partial charge in [-0.25, -0.2) is 0 Å². The van der Waals surface area contributed by atoms with Crippen LogP contribution in [0.2, 0.25) is 0 Å². The first-order valence-electron chi connectivity index (χ1n) is 10.7. The Morgan fingerprint density at radius 1 is 0.625 bits per heavy atom. The summed E-state index contributed by atoms with van der Waals surface area (Å²) in [5.41, 5.74) is 0. The summed E-state index contributed by atoms with van der Waals surface area (Å²) >= 11 is 0. The summed E-state index contributed by atoms with van der Waals surface area (Å²) in [7, 11) is 0. The summed E-state index contributed by atoms with van der Waals surface area (Å²) in [6.45, 7) is 11.5. The van der Waals surface area contributed by atoms with E-state index in [1.54, 1.807) is 0 Å². The molecule has 0 radical (unpaired) electrons. The zero-order valence-electron chi connectivity index (χ0n) is 17.4. The number of unbranched alkanes of at least 4 members (excludes halogenated alkanes) is 10. The lowest BCUT2D eigenvalue weighted by molar-refractivity contribution is -0.0548. The minimum Gasteiger partial charge on any atom is -0.391 e. The van der Waals surface area contributed by atoms with Crippen molar-refractivity contribution in [1.29, 1.82) is 0 Å². The molecule has 0 heterocycles. The Morgan fingerprint density at radius 2 is 1.04 bits per heavy atom. The number of aliphatic hydroxyl groups is 1. The molecule has 24 heavy (non-hydrogen) atoms. The van der Waals surface area contributed by atoms with E-state index in [1.807, 2.05) is 6.92 Å². The Bertz CT molecular complexity index is 240. The average molecular weight is 343 g/mol. The van der Waals surface area contributed by atoms with E-state index in [4.69, 9.17) is 4.74 Å². The molecule has 2 heteroatoms. The molecule has 1 N–H and O–H groups in total. The van der Waals surface area contributed by atoms with Crippen LogP contribution in [-0.4, -0.2) is 23.9 Å². The van der Waals surface area contributed by atoms with Gasteiger partial charge in [-0.1, -0.05) is 98.3 Å². The molecule has 0 spiro atoms. The summed E-state index contributed by atoms with van der Waals surface area (Å²) in [4.78, 5) is 0. The highest BCUT2D eigenvalue weighted by atomic mass is 16.5. The van der Waals surface area contributed by atoms with E-state index in [0.717, 1.165) is 18.9 Å². The van der Waals surface area contributed by atoms with Gasteiger partial charge in [0, 0.05) is 6.61 Å². The van der Waals surface area contributed by atoms with Crippen LogP contribution in [0, 0.1) is 11.8 Å². The lowest BCUT2D eigenvalue weighted by Gasteiger charge is -2.24. The van der Waals surface area contributed by atoms with Crippen molar-refractivity contribution in [3.05, 3.63) is 0 Å². The molecule has 0 amide bonds. The molecule has 0 rings (SSSR count). The van der Waals surface area contributed by atoms with Gasteiger partial charge in [0.25, 0.3) is 0 Å². The van der Waals surface area contributed by atoms with Crippen molar-refractivity contribution in [3.63, 3.8) is 0 Å². The Kier molecular flexibility index (Phi) is 16.3. The van der Waals surface area contributed by atoms with Gasteiger partial charge >= 0.3 is 0 Å². The summed E-state index contributed by atoms with van der Waals surface area (Å²) < 4.78 is 5.82. The molecule has 0 aromatic carbocycles. The fraction of sp³-hybridized carbons (Fsp3) is 1.00. The molecule has 0 aromatic rings. The van der Waals surface area contributed by atoms with Crippen LogP contribution in [-0.2, 0) is 4.74 Å². The zero-order valence-corrected chi connectivity index (χ0v) is 17.4. The predicted molar refractivity (Wildman–Crippen MR) is 107 cm³/mol. The Hall–Kier alpha value is -0.0800. The third-order valence-corrected chi connectivity index (χ3v) is 4.87. The first-order valence-corrected chi connectivity index (χ1v) is 10.7.